The van der Waals surface area contributed by atoms with Gasteiger partial charge in [-0.1, -0.05) is 11.9 Å². The predicted molar refractivity (Wildman–Crippen MR) is 44.9 cm³/mol. The van der Waals surface area contributed by atoms with Gasteiger partial charge in [0.05, 0.1) is 0 Å². The first kappa shape index (κ1) is 8.37. The highest BCUT2D eigenvalue weighted by Crippen LogP contribution is 2.19. The maximum absolute atomic E-state index is 8.87. The highest BCUT2D eigenvalue weighted by molar-refractivity contribution is 7.96. The third kappa shape index (κ3) is 2.15. The molecular formula is C7H15NOS. The van der Waals surface area contributed by atoms with Crippen LogP contribution in [-0.4, -0.2) is 35.4 Å². The lowest BCUT2D eigenvalue weighted by Gasteiger charge is -2.29. The summed E-state index contributed by atoms with van der Waals surface area (Å²) in [7, 11) is 0. The van der Waals surface area contributed by atoms with Crippen molar-refractivity contribution in [1.29, 1.82) is 0 Å². The summed E-state index contributed by atoms with van der Waals surface area (Å²) in [5.41, 5.74) is 0. The third-order valence-electron chi connectivity index (χ3n) is 2.00. The number of hydrogen-bond acceptors (Lipinski definition) is 3. The van der Waals surface area contributed by atoms with E-state index in [1.165, 1.54) is 19.4 Å². The van der Waals surface area contributed by atoms with Crippen LogP contribution in [0.1, 0.15) is 12.8 Å². The van der Waals surface area contributed by atoms with Crippen LogP contribution in [0.5, 0.6) is 0 Å². The van der Waals surface area contributed by atoms with E-state index < -0.39 is 0 Å². The van der Waals surface area contributed by atoms with E-state index in [-0.39, 0.29) is 0 Å². The van der Waals surface area contributed by atoms with Crippen LogP contribution >= 0.6 is 11.9 Å². The summed E-state index contributed by atoms with van der Waals surface area (Å²) in [6.07, 6.45) is 4.54. The Morgan fingerprint density at radius 2 is 2.50 bits per heavy atom. The number of nitrogens with zero attached hydrogens (tertiary/aromatic N) is 1. The first-order chi connectivity index (χ1) is 4.86. The zero-order valence-corrected chi connectivity index (χ0v) is 7.23. The number of piperidine rings is 1. The van der Waals surface area contributed by atoms with Crippen molar-refractivity contribution in [2.24, 2.45) is 5.92 Å². The van der Waals surface area contributed by atoms with E-state index in [2.05, 4.69) is 10.6 Å². The van der Waals surface area contributed by atoms with Gasteiger partial charge in [0.25, 0.3) is 0 Å². The highest BCUT2D eigenvalue weighted by atomic mass is 32.2. The Morgan fingerprint density at radius 3 is 3.10 bits per heavy atom. The molecule has 1 aliphatic heterocycles. The summed E-state index contributed by atoms with van der Waals surface area (Å²) in [6.45, 7) is 2.62. The molecular weight excluding hydrogens is 146 g/mol. The van der Waals surface area contributed by atoms with Crippen LogP contribution < -0.4 is 0 Å². The fourth-order valence-electron chi connectivity index (χ4n) is 1.34. The average Bonchev–Trinajstić information content (AvgIpc) is 2.05. The van der Waals surface area contributed by atoms with Gasteiger partial charge in [-0.2, -0.15) is 0 Å². The lowest BCUT2D eigenvalue weighted by Crippen LogP contribution is -2.31. The minimum atomic E-state index is 0.358. The topological polar surface area (TPSA) is 23.5 Å². The molecule has 1 atom stereocenters. The van der Waals surface area contributed by atoms with Crippen molar-refractivity contribution in [2.45, 2.75) is 12.8 Å². The van der Waals surface area contributed by atoms with Gasteiger partial charge >= 0.3 is 0 Å². The molecule has 1 N–H and O–H groups in total. The van der Waals surface area contributed by atoms with Crippen LogP contribution in [0, 0.1) is 5.92 Å². The van der Waals surface area contributed by atoms with E-state index in [0.29, 0.717) is 12.5 Å². The molecule has 60 valence electrons. The van der Waals surface area contributed by atoms with E-state index >= 15 is 0 Å². The monoisotopic (exact) mass is 161 g/mol. The largest absolute Gasteiger partial charge is 0.396 e. The SMILES string of the molecule is CSN1CCCC(CO)C1. The number of hydrogen-bond donors (Lipinski definition) is 1. The van der Waals surface area contributed by atoms with E-state index in [4.69, 9.17) is 5.11 Å². The minimum Gasteiger partial charge on any atom is -0.396 e. The molecule has 0 saturated carbocycles. The van der Waals surface area contributed by atoms with Crippen molar-refractivity contribution < 1.29 is 5.11 Å². The molecule has 0 radical (unpaired) electrons. The first-order valence-corrected chi connectivity index (χ1v) is 4.95. The van der Waals surface area contributed by atoms with Gasteiger partial charge in [-0.25, -0.2) is 0 Å². The van der Waals surface area contributed by atoms with Crippen molar-refractivity contribution in [3.63, 3.8) is 0 Å². The minimum absolute atomic E-state index is 0.358. The lowest BCUT2D eigenvalue weighted by molar-refractivity contribution is 0.171. The van der Waals surface area contributed by atoms with Gasteiger partial charge in [-0.3, -0.25) is 4.31 Å². The Labute approximate surface area is 66.7 Å². The average molecular weight is 161 g/mol. The van der Waals surface area contributed by atoms with Crippen LogP contribution in [0.15, 0.2) is 0 Å². The molecule has 1 fully saturated rings. The summed E-state index contributed by atoms with van der Waals surface area (Å²) in [5.74, 6) is 0.529. The fraction of sp³-hybridized carbons (Fsp3) is 1.00. The molecule has 0 aromatic carbocycles. The maximum Gasteiger partial charge on any atom is 0.0471 e. The van der Waals surface area contributed by atoms with Crippen LogP contribution in [0.2, 0.25) is 0 Å². The standard InChI is InChI=1S/C7H15NOS/c1-10-8-4-2-3-7(5-8)6-9/h7,9H,2-6H2,1H3. The summed E-state index contributed by atoms with van der Waals surface area (Å²) < 4.78 is 2.32. The number of aliphatic hydroxyl groups is 1. The van der Waals surface area contributed by atoms with Crippen LogP contribution in [0.4, 0.5) is 0 Å². The normalized spacial score (nSPS) is 28.8. The van der Waals surface area contributed by atoms with Crippen molar-refractivity contribution in [3.05, 3.63) is 0 Å². The van der Waals surface area contributed by atoms with E-state index in [1.807, 2.05) is 0 Å². The summed E-state index contributed by atoms with van der Waals surface area (Å²) >= 11 is 1.79. The Morgan fingerprint density at radius 1 is 1.70 bits per heavy atom. The second-order valence-electron chi connectivity index (χ2n) is 2.76. The van der Waals surface area contributed by atoms with Gasteiger partial charge in [-0.15, -0.1) is 0 Å². The van der Waals surface area contributed by atoms with E-state index in [9.17, 15) is 0 Å². The highest BCUT2D eigenvalue weighted by Gasteiger charge is 2.17. The Balaban J connectivity index is 2.25. The first-order valence-electron chi connectivity index (χ1n) is 3.76. The molecule has 0 bridgehead atoms. The molecule has 1 saturated heterocycles. The van der Waals surface area contributed by atoms with Gasteiger partial charge < -0.3 is 5.11 Å². The maximum atomic E-state index is 8.87. The Bertz CT molecular complexity index is 89.6. The van der Waals surface area contributed by atoms with Gasteiger partial charge in [0, 0.05) is 19.7 Å². The molecule has 1 rings (SSSR count). The van der Waals surface area contributed by atoms with Crippen LogP contribution in [-0.2, 0) is 0 Å². The molecule has 10 heavy (non-hydrogen) atoms. The van der Waals surface area contributed by atoms with Crippen LogP contribution in [0.3, 0.4) is 0 Å². The molecule has 0 amide bonds. The predicted octanol–water partition coefficient (Wildman–Crippen LogP) is 0.969. The smallest absolute Gasteiger partial charge is 0.0471 e. The van der Waals surface area contributed by atoms with E-state index in [0.717, 1.165) is 6.54 Å². The van der Waals surface area contributed by atoms with Crippen molar-refractivity contribution >= 4 is 11.9 Å². The summed E-state index contributed by atoms with van der Waals surface area (Å²) in [6, 6.07) is 0. The van der Waals surface area contributed by atoms with Gasteiger partial charge in [0.15, 0.2) is 0 Å². The second-order valence-corrected chi connectivity index (χ2v) is 3.64. The van der Waals surface area contributed by atoms with Gasteiger partial charge in [0.1, 0.15) is 0 Å². The van der Waals surface area contributed by atoms with Crippen molar-refractivity contribution in [1.82, 2.24) is 4.31 Å². The van der Waals surface area contributed by atoms with Gasteiger partial charge in [0.2, 0.25) is 0 Å². The quantitative estimate of drug-likeness (QED) is 0.610. The Kier molecular flexibility index (Phi) is 3.52. The molecule has 0 aromatic heterocycles. The number of aliphatic hydroxyl groups excluding tert-OH is 1. The number of rotatable bonds is 2. The molecule has 1 heterocycles. The van der Waals surface area contributed by atoms with Crippen molar-refractivity contribution in [3.8, 4) is 0 Å². The Hall–Kier alpha value is 0.270. The summed E-state index contributed by atoms with van der Waals surface area (Å²) in [5, 5.41) is 8.87. The molecule has 1 aliphatic rings. The zero-order valence-electron chi connectivity index (χ0n) is 6.42. The molecule has 0 aliphatic carbocycles. The molecule has 3 heteroatoms. The lowest BCUT2D eigenvalue weighted by atomic mass is 10.0. The van der Waals surface area contributed by atoms with E-state index in [1.54, 1.807) is 11.9 Å². The molecule has 1 unspecified atom stereocenters. The van der Waals surface area contributed by atoms with Crippen molar-refractivity contribution in [2.75, 3.05) is 26.0 Å². The molecule has 0 aromatic rings. The molecule has 0 spiro atoms. The third-order valence-corrected chi connectivity index (χ3v) is 2.85. The van der Waals surface area contributed by atoms with Crippen LogP contribution in [0.25, 0.3) is 0 Å². The second kappa shape index (κ2) is 4.21. The fourth-order valence-corrected chi connectivity index (χ4v) is 2.01. The summed E-state index contributed by atoms with van der Waals surface area (Å²) in [4.78, 5) is 0. The molecule has 2 nitrogen and oxygen atoms in total. The zero-order chi connectivity index (χ0) is 7.40. The van der Waals surface area contributed by atoms with Gasteiger partial charge in [-0.05, 0) is 25.0 Å².